The molecule has 1 aromatic rings. The summed E-state index contributed by atoms with van der Waals surface area (Å²) >= 11 is 0. The zero-order chi connectivity index (χ0) is 15.1. The van der Waals surface area contributed by atoms with E-state index < -0.39 is 0 Å². The lowest BCUT2D eigenvalue weighted by molar-refractivity contribution is 0.153. The molecule has 0 atom stereocenters. The van der Waals surface area contributed by atoms with Gasteiger partial charge in [-0.2, -0.15) is 0 Å². The fourth-order valence-electron chi connectivity index (χ4n) is 3.08. The first kappa shape index (κ1) is 16.3. The van der Waals surface area contributed by atoms with Crippen LogP contribution in [0, 0.1) is 13.8 Å². The summed E-state index contributed by atoms with van der Waals surface area (Å²) in [4.78, 5) is 0. The monoisotopic (exact) mass is 291 g/mol. The summed E-state index contributed by atoms with van der Waals surface area (Å²) in [6.45, 7) is 6.83. The first-order valence-corrected chi connectivity index (χ1v) is 8.17. The molecule has 1 aromatic carbocycles. The molecule has 0 amide bonds. The van der Waals surface area contributed by atoms with Crippen LogP contribution in [0.15, 0.2) is 12.1 Å². The molecule has 0 saturated heterocycles. The summed E-state index contributed by atoms with van der Waals surface area (Å²) in [7, 11) is 1.73. The van der Waals surface area contributed by atoms with Crippen molar-refractivity contribution in [3.63, 3.8) is 0 Å². The third-order valence-corrected chi connectivity index (χ3v) is 4.17. The van der Waals surface area contributed by atoms with E-state index in [-0.39, 0.29) is 0 Å². The molecule has 0 radical (unpaired) electrons. The van der Waals surface area contributed by atoms with Crippen molar-refractivity contribution < 1.29 is 9.47 Å². The topological polar surface area (TPSA) is 30.5 Å². The van der Waals surface area contributed by atoms with Gasteiger partial charge in [-0.1, -0.05) is 18.6 Å². The van der Waals surface area contributed by atoms with Gasteiger partial charge in [0.05, 0.1) is 12.7 Å². The van der Waals surface area contributed by atoms with Crippen LogP contribution in [0.3, 0.4) is 0 Å². The molecule has 3 heteroatoms. The minimum absolute atomic E-state index is 0.418. The van der Waals surface area contributed by atoms with E-state index in [1.165, 1.54) is 48.8 Å². The van der Waals surface area contributed by atoms with Crippen LogP contribution in [0.4, 0.5) is 0 Å². The number of rotatable bonds is 7. The average molecular weight is 291 g/mol. The van der Waals surface area contributed by atoms with Crippen molar-refractivity contribution in [3.05, 3.63) is 28.8 Å². The predicted molar refractivity (Wildman–Crippen MR) is 87.0 cm³/mol. The van der Waals surface area contributed by atoms with Gasteiger partial charge in [-0.05, 0) is 56.2 Å². The van der Waals surface area contributed by atoms with Crippen LogP contribution in [0.2, 0.25) is 0 Å². The number of aryl methyl sites for hydroxylation is 2. The largest absolute Gasteiger partial charge is 0.490 e. The number of methoxy groups -OCH3 is 1. The van der Waals surface area contributed by atoms with Crippen LogP contribution < -0.4 is 10.1 Å². The molecule has 0 aromatic heterocycles. The van der Waals surface area contributed by atoms with Crippen molar-refractivity contribution in [2.45, 2.75) is 58.6 Å². The Morgan fingerprint density at radius 2 is 1.76 bits per heavy atom. The highest BCUT2D eigenvalue weighted by Crippen LogP contribution is 2.29. The summed E-state index contributed by atoms with van der Waals surface area (Å²) in [6.07, 6.45) is 6.82. The van der Waals surface area contributed by atoms with Crippen molar-refractivity contribution in [2.75, 3.05) is 20.3 Å². The molecule has 0 aliphatic heterocycles. The van der Waals surface area contributed by atoms with E-state index in [2.05, 4.69) is 31.3 Å². The van der Waals surface area contributed by atoms with E-state index >= 15 is 0 Å². The lowest BCUT2D eigenvalue weighted by Crippen LogP contribution is -2.21. The molecule has 1 N–H and O–H groups in total. The molecule has 21 heavy (non-hydrogen) atoms. The van der Waals surface area contributed by atoms with Gasteiger partial charge in [-0.3, -0.25) is 0 Å². The molecule has 3 nitrogen and oxygen atoms in total. The van der Waals surface area contributed by atoms with Gasteiger partial charge in [0.2, 0.25) is 0 Å². The van der Waals surface area contributed by atoms with E-state index in [9.17, 15) is 0 Å². The van der Waals surface area contributed by atoms with Crippen molar-refractivity contribution in [3.8, 4) is 5.75 Å². The molecular formula is C18H29NO2. The number of benzene rings is 1. The van der Waals surface area contributed by atoms with E-state index in [4.69, 9.17) is 9.47 Å². The second-order valence-corrected chi connectivity index (χ2v) is 6.11. The zero-order valence-corrected chi connectivity index (χ0v) is 13.7. The highest BCUT2D eigenvalue weighted by atomic mass is 16.5. The van der Waals surface area contributed by atoms with Crippen molar-refractivity contribution in [1.29, 1.82) is 0 Å². The maximum atomic E-state index is 6.27. The van der Waals surface area contributed by atoms with Gasteiger partial charge in [0.15, 0.2) is 0 Å². The van der Waals surface area contributed by atoms with E-state index in [1.54, 1.807) is 7.11 Å². The number of hydrogen-bond donors (Lipinski definition) is 1. The fourth-order valence-corrected chi connectivity index (χ4v) is 3.08. The molecular weight excluding hydrogens is 262 g/mol. The molecule has 0 heterocycles. The van der Waals surface area contributed by atoms with Crippen LogP contribution in [-0.4, -0.2) is 26.4 Å². The Morgan fingerprint density at radius 1 is 1.10 bits per heavy atom. The minimum Gasteiger partial charge on any atom is -0.490 e. The number of nitrogens with one attached hydrogen (secondary N) is 1. The van der Waals surface area contributed by atoms with Crippen molar-refractivity contribution in [1.82, 2.24) is 5.32 Å². The average Bonchev–Trinajstić information content (AvgIpc) is 2.48. The Balaban J connectivity index is 1.95. The lowest BCUT2D eigenvalue weighted by atomic mass is 9.97. The Morgan fingerprint density at radius 3 is 2.38 bits per heavy atom. The second-order valence-electron chi connectivity index (χ2n) is 6.11. The predicted octanol–water partition coefficient (Wildman–Crippen LogP) is 3.75. The normalized spacial score (nSPS) is 16.1. The Hall–Kier alpha value is -1.06. The third-order valence-electron chi connectivity index (χ3n) is 4.17. The first-order valence-electron chi connectivity index (χ1n) is 8.17. The summed E-state index contributed by atoms with van der Waals surface area (Å²) in [5.74, 6) is 1.10. The highest BCUT2D eigenvalue weighted by molar-refractivity contribution is 5.43. The summed E-state index contributed by atoms with van der Waals surface area (Å²) in [5.41, 5.74) is 3.82. The van der Waals surface area contributed by atoms with E-state index in [0.29, 0.717) is 6.10 Å². The van der Waals surface area contributed by atoms with Crippen LogP contribution in [-0.2, 0) is 11.3 Å². The third kappa shape index (κ3) is 5.01. The Labute approximate surface area is 129 Å². The van der Waals surface area contributed by atoms with Crippen molar-refractivity contribution >= 4 is 0 Å². The molecule has 1 aliphatic carbocycles. The van der Waals surface area contributed by atoms with Gasteiger partial charge >= 0.3 is 0 Å². The summed E-state index contributed by atoms with van der Waals surface area (Å²) in [5, 5.41) is 3.39. The number of hydrogen-bond acceptors (Lipinski definition) is 3. The molecule has 1 aliphatic rings. The van der Waals surface area contributed by atoms with Crippen LogP contribution >= 0.6 is 0 Å². The minimum atomic E-state index is 0.418. The molecule has 118 valence electrons. The standard InChI is InChI=1S/C18H29NO2/c1-14-11-16(13-19-9-10-20-3)12-15(2)18(14)21-17-7-5-4-6-8-17/h11-12,17,19H,4-10,13H2,1-3H3. The first-order chi connectivity index (χ1) is 10.2. The Bertz CT molecular complexity index is 416. The second kappa shape index (κ2) is 8.40. The Kier molecular flexibility index (Phi) is 6.52. The summed E-state index contributed by atoms with van der Waals surface area (Å²) < 4.78 is 11.3. The van der Waals surface area contributed by atoms with Gasteiger partial charge < -0.3 is 14.8 Å². The molecule has 0 bridgehead atoms. The molecule has 0 unspecified atom stereocenters. The van der Waals surface area contributed by atoms with Gasteiger partial charge in [0.25, 0.3) is 0 Å². The van der Waals surface area contributed by atoms with Crippen LogP contribution in [0.5, 0.6) is 5.75 Å². The van der Waals surface area contributed by atoms with Gasteiger partial charge in [0.1, 0.15) is 5.75 Å². The van der Waals surface area contributed by atoms with Crippen molar-refractivity contribution in [2.24, 2.45) is 0 Å². The van der Waals surface area contributed by atoms with Crippen LogP contribution in [0.1, 0.15) is 48.8 Å². The quantitative estimate of drug-likeness (QED) is 0.776. The lowest BCUT2D eigenvalue weighted by Gasteiger charge is -2.25. The van der Waals surface area contributed by atoms with Crippen LogP contribution in [0.25, 0.3) is 0 Å². The fraction of sp³-hybridized carbons (Fsp3) is 0.667. The summed E-state index contributed by atoms with van der Waals surface area (Å²) in [6, 6.07) is 4.48. The zero-order valence-electron chi connectivity index (χ0n) is 13.7. The maximum Gasteiger partial charge on any atom is 0.125 e. The number of ether oxygens (including phenoxy) is 2. The maximum absolute atomic E-state index is 6.27. The van der Waals surface area contributed by atoms with Gasteiger partial charge in [-0.25, -0.2) is 0 Å². The van der Waals surface area contributed by atoms with Gasteiger partial charge in [-0.15, -0.1) is 0 Å². The van der Waals surface area contributed by atoms with E-state index in [1.807, 2.05) is 0 Å². The smallest absolute Gasteiger partial charge is 0.125 e. The van der Waals surface area contributed by atoms with E-state index in [0.717, 1.165) is 25.4 Å². The highest BCUT2D eigenvalue weighted by Gasteiger charge is 2.17. The molecule has 1 saturated carbocycles. The molecule has 0 spiro atoms. The molecule has 2 rings (SSSR count). The SMILES string of the molecule is COCCNCc1cc(C)c(OC2CCCCC2)c(C)c1. The van der Waals surface area contributed by atoms with Gasteiger partial charge in [0, 0.05) is 20.2 Å². The molecule has 1 fully saturated rings.